The number of benzene rings is 2. The first-order valence-electron chi connectivity index (χ1n) is 6.85. The molecule has 2 heterocycles. The lowest BCUT2D eigenvalue weighted by molar-refractivity contribution is 0.942. The molecule has 0 aliphatic rings. The van der Waals surface area contributed by atoms with Gasteiger partial charge in [-0.2, -0.15) is 9.61 Å². The van der Waals surface area contributed by atoms with Crippen LogP contribution in [0, 0.1) is 0 Å². The zero-order chi connectivity index (χ0) is 14.9. The van der Waals surface area contributed by atoms with Gasteiger partial charge in [0.2, 0.25) is 0 Å². The van der Waals surface area contributed by atoms with Crippen LogP contribution in [0.3, 0.4) is 0 Å². The van der Waals surface area contributed by atoms with Crippen molar-refractivity contribution in [1.29, 1.82) is 0 Å². The molecule has 5 heteroatoms. The van der Waals surface area contributed by atoms with Crippen molar-refractivity contribution < 1.29 is 0 Å². The van der Waals surface area contributed by atoms with E-state index in [0.717, 1.165) is 32.8 Å². The van der Waals surface area contributed by atoms with Gasteiger partial charge < -0.3 is 0 Å². The predicted molar refractivity (Wildman–Crippen MR) is 89.4 cm³/mol. The highest BCUT2D eigenvalue weighted by atomic mass is 79.9. The molecular weight excluding hydrogens is 340 g/mol. The SMILES string of the molecule is Brc1cccc(-c2nnc3ccc(-c4ccccc4)nn23)c1. The Hall–Kier alpha value is -2.53. The average Bonchev–Trinajstić information content (AvgIpc) is 2.99. The fourth-order valence-electron chi connectivity index (χ4n) is 2.36. The van der Waals surface area contributed by atoms with E-state index in [1.807, 2.05) is 66.7 Å². The lowest BCUT2D eigenvalue weighted by Gasteiger charge is -2.03. The lowest BCUT2D eigenvalue weighted by Crippen LogP contribution is -1.97. The van der Waals surface area contributed by atoms with Gasteiger partial charge in [0.15, 0.2) is 11.5 Å². The molecular formula is C17H11BrN4. The molecule has 0 radical (unpaired) electrons. The van der Waals surface area contributed by atoms with E-state index in [1.54, 1.807) is 4.52 Å². The molecule has 22 heavy (non-hydrogen) atoms. The number of fused-ring (bicyclic) bond motifs is 1. The smallest absolute Gasteiger partial charge is 0.185 e. The van der Waals surface area contributed by atoms with E-state index in [0.29, 0.717) is 0 Å². The summed E-state index contributed by atoms with van der Waals surface area (Å²) in [5, 5.41) is 13.2. The summed E-state index contributed by atoms with van der Waals surface area (Å²) in [6, 6.07) is 21.9. The fraction of sp³-hybridized carbons (Fsp3) is 0. The van der Waals surface area contributed by atoms with Gasteiger partial charge in [0.05, 0.1) is 5.69 Å². The van der Waals surface area contributed by atoms with Crippen LogP contribution >= 0.6 is 15.9 Å². The maximum atomic E-state index is 4.69. The summed E-state index contributed by atoms with van der Waals surface area (Å²) in [5.74, 6) is 0.731. The van der Waals surface area contributed by atoms with Crippen LogP contribution in [0.4, 0.5) is 0 Å². The molecule has 0 N–H and O–H groups in total. The van der Waals surface area contributed by atoms with Crippen molar-refractivity contribution in [2.45, 2.75) is 0 Å². The summed E-state index contributed by atoms with van der Waals surface area (Å²) in [6.45, 7) is 0. The van der Waals surface area contributed by atoms with E-state index in [4.69, 9.17) is 0 Å². The Labute approximate surface area is 135 Å². The van der Waals surface area contributed by atoms with Crippen LogP contribution in [0.2, 0.25) is 0 Å². The molecule has 2 aromatic heterocycles. The molecule has 2 aromatic carbocycles. The van der Waals surface area contributed by atoms with Gasteiger partial charge >= 0.3 is 0 Å². The Morgan fingerprint density at radius 2 is 1.59 bits per heavy atom. The molecule has 0 fully saturated rings. The quantitative estimate of drug-likeness (QED) is 0.543. The second-order valence-corrected chi connectivity index (χ2v) is 5.80. The normalized spacial score (nSPS) is 11.0. The van der Waals surface area contributed by atoms with Crippen LogP contribution in [0.1, 0.15) is 0 Å². The maximum Gasteiger partial charge on any atom is 0.185 e. The van der Waals surface area contributed by atoms with Crippen molar-refractivity contribution in [3.63, 3.8) is 0 Å². The van der Waals surface area contributed by atoms with Crippen LogP contribution in [-0.2, 0) is 0 Å². The van der Waals surface area contributed by atoms with Crippen LogP contribution in [0.5, 0.6) is 0 Å². The van der Waals surface area contributed by atoms with Gasteiger partial charge in [0.25, 0.3) is 0 Å². The zero-order valence-electron chi connectivity index (χ0n) is 11.5. The van der Waals surface area contributed by atoms with E-state index >= 15 is 0 Å². The molecule has 0 spiro atoms. The van der Waals surface area contributed by atoms with Gasteiger partial charge in [-0.25, -0.2) is 0 Å². The Balaban J connectivity index is 1.91. The second-order valence-electron chi connectivity index (χ2n) is 4.89. The number of aromatic nitrogens is 4. The average molecular weight is 351 g/mol. The molecule has 0 aliphatic heterocycles. The molecule has 0 saturated carbocycles. The minimum Gasteiger partial charge on any atom is -0.192 e. The van der Waals surface area contributed by atoms with Gasteiger partial charge in [-0.1, -0.05) is 58.4 Å². The summed E-state index contributed by atoms with van der Waals surface area (Å²) in [4.78, 5) is 0. The highest BCUT2D eigenvalue weighted by Gasteiger charge is 2.10. The van der Waals surface area contributed by atoms with Gasteiger partial charge in [-0.15, -0.1) is 10.2 Å². The van der Waals surface area contributed by atoms with Crippen LogP contribution in [0.15, 0.2) is 71.2 Å². The molecule has 0 bridgehead atoms. The summed E-state index contributed by atoms with van der Waals surface area (Å²) in [6.07, 6.45) is 0. The van der Waals surface area contributed by atoms with E-state index < -0.39 is 0 Å². The minimum atomic E-state index is 0.731. The van der Waals surface area contributed by atoms with E-state index in [1.165, 1.54) is 0 Å². The molecule has 4 nitrogen and oxygen atoms in total. The van der Waals surface area contributed by atoms with Crippen molar-refractivity contribution in [3.05, 3.63) is 71.2 Å². The predicted octanol–water partition coefficient (Wildman–Crippen LogP) is 4.22. The fourth-order valence-corrected chi connectivity index (χ4v) is 2.76. The molecule has 0 unspecified atom stereocenters. The molecule has 106 valence electrons. The molecule has 0 atom stereocenters. The minimum absolute atomic E-state index is 0.731. The Morgan fingerprint density at radius 1 is 0.773 bits per heavy atom. The molecule has 0 saturated heterocycles. The summed E-state index contributed by atoms with van der Waals surface area (Å²) in [5.41, 5.74) is 3.66. The van der Waals surface area contributed by atoms with Gasteiger partial charge in [-0.3, -0.25) is 0 Å². The van der Waals surface area contributed by atoms with Crippen molar-refractivity contribution in [2.75, 3.05) is 0 Å². The third-order valence-electron chi connectivity index (χ3n) is 3.42. The second kappa shape index (κ2) is 5.35. The molecule has 4 rings (SSSR count). The van der Waals surface area contributed by atoms with Crippen LogP contribution in [-0.4, -0.2) is 19.8 Å². The maximum absolute atomic E-state index is 4.69. The Bertz CT molecular complexity index is 947. The van der Waals surface area contributed by atoms with Crippen LogP contribution < -0.4 is 0 Å². The first-order valence-corrected chi connectivity index (χ1v) is 7.64. The Morgan fingerprint density at radius 3 is 2.41 bits per heavy atom. The van der Waals surface area contributed by atoms with Crippen molar-refractivity contribution in [3.8, 4) is 22.6 Å². The standard InChI is InChI=1S/C17H11BrN4/c18-14-8-4-7-13(11-14)17-20-19-16-10-9-15(21-22(16)17)12-5-2-1-3-6-12/h1-11H. The monoisotopic (exact) mass is 350 g/mol. The van der Waals surface area contributed by atoms with Crippen molar-refractivity contribution in [1.82, 2.24) is 19.8 Å². The summed E-state index contributed by atoms with van der Waals surface area (Å²) >= 11 is 3.49. The number of hydrogen-bond donors (Lipinski definition) is 0. The Kier molecular flexibility index (Phi) is 3.20. The highest BCUT2D eigenvalue weighted by Crippen LogP contribution is 2.23. The van der Waals surface area contributed by atoms with Gasteiger partial charge in [-0.05, 0) is 24.3 Å². The summed E-state index contributed by atoms with van der Waals surface area (Å²) < 4.78 is 2.78. The molecule has 4 aromatic rings. The lowest BCUT2D eigenvalue weighted by atomic mass is 10.1. The first-order chi connectivity index (χ1) is 10.8. The van der Waals surface area contributed by atoms with E-state index in [2.05, 4.69) is 31.2 Å². The van der Waals surface area contributed by atoms with Gasteiger partial charge in [0.1, 0.15) is 0 Å². The number of halogens is 1. The van der Waals surface area contributed by atoms with Crippen LogP contribution in [0.25, 0.3) is 28.3 Å². The number of hydrogen-bond acceptors (Lipinski definition) is 3. The van der Waals surface area contributed by atoms with Gasteiger partial charge in [0, 0.05) is 15.6 Å². The third-order valence-corrected chi connectivity index (χ3v) is 3.91. The zero-order valence-corrected chi connectivity index (χ0v) is 13.1. The number of nitrogens with zero attached hydrogens (tertiary/aromatic N) is 4. The summed E-state index contributed by atoms with van der Waals surface area (Å²) in [7, 11) is 0. The molecule has 0 amide bonds. The molecule has 0 aliphatic carbocycles. The topological polar surface area (TPSA) is 43.1 Å². The van der Waals surface area contributed by atoms with Crippen molar-refractivity contribution in [2.24, 2.45) is 0 Å². The number of rotatable bonds is 2. The van der Waals surface area contributed by atoms with Crippen molar-refractivity contribution >= 4 is 21.6 Å². The van der Waals surface area contributed by atoms with E-state index in [-0.39, 0.29) is 0 Å². The third kappa shape index (κ3) is 2.29. The highest BCUT2D eigenvalue weighted by molar-refractivity contribution is 9.10. The first kappa shape index (κ1) is 13.2. The largest absolute Gasteiger partial charge is 0.192 e. The van der Waals surface area contributed by atoms with E-state index in [9.17, 15) is 0 Å².